The average Bonchev–Trinajstić information content (AvgIpc) is 3.30. The standard InChI is InChI=1S/C30H25N3O2/c1-19-15-21(17-31)7-12-26(19)30(22-3-2-4-22)29(24-11-13-27-25(16-24)18-32-33-27)23-9-5-20(6-10-23)8-14-28(34)35/h5-16,18,22H,2-4H2,1H3,(H,32,33)(H,34,35)/b14-8+,30-29+. The van der Waals surface area contributed by atoms with Gasteiger partial charge in [0.2, 0.25) is 0 Å². The van der Waals surface area contributed by atoms with Crippen LogP contribution in [-0.2, 0) is 4.79 Å². The zero-order valence-corrected chi connectivity index (χ0v) is 19.5. The fraction of sp³-hybridized carbons (Fsp3) is 0.167. The van der Waals surface area contributed by atoms with E-state index in [0.29, 0.717) is 11.5 Å². The van der Waals surface area contributed by atoms with Crippen molar-refractivity contribution >= 4 is 34.1 Å². The summed E-state index contributed by atoms with van der Waals surface area (Å²) < 4.78 is 0. The van der Waals surface area contributed by atoms with Crippen molar-refractivity contribution in [2.45, 2.75) is 26.2 Å². The molecule has 5 rings (SSSR count). The van der Waals surface area contributed by atoms with Gasteiger partial charge in [-0.2, -0.15) is 10.4 Å². The number of hydrogen-bond donors (Lipinski definition) is 2. The first kappa shape index (κ1) is 22.4. The topological polar surface area (TPSA) is 89.8 Å². The number of aromatic nitrogens is 2. The van der Waals surface area contributed by atoms with Crippen LogP contribution < -0.4 is 0 Å². The second kappa shape index (κ2) is 9.44. The number of H-pyrrole nitrogens is 1. The van der Waals surface area contributed by atoms with Crippen molar-refractivity contribution in [1.82, 2.24) is 10.2 Å². The molecule has 0 amide bonds. The van der Waals surface area contributed by atoms with Crippen molar-refractivity contribution < 1.29 is 9.90 Å². The molecule has 0 atom stereocenters. The molecule has 35 heavy (non-hydrogen) atoms. The molecule has 1 heterocycles. The van der Waals surface area contributed by atoms with Gasteiger partial charge in [0.05, 0.1) is 23.3 Å². The molecule has 1 aliphatic carbocycles. The summed E-state index contributed by atoms with van der Waals surface area (Å²) in [7, 11) is 0. The Morgan fingerprint density at radius 2 is 1.86 bits per heavy atom. The summed E-state index contributed by atoms with van der Waals surface area (Å²) in [6.07, 6.45) is 8.06. The smallest absolute Gasteiger partial charge is 0.328 e. The number of nitriles is 1. The highest BCUT2D eigenvalue weighted by Crippen LogP contribution is 2.46. The third-order valence-electron chi connectivity index (χ3n) is 6.78. The van der Waals surface area contributed by atoms with Crippen molar-refractivity contribution in [3.63, 3.8) is 0 Å². The highest BCUT2D eigenvalue weighted by atomic mass is 16.4. The van der Waals surface area contributed by atoms with Crippen LogP contribution in [0.25, 0.3) is 28.1 Å². The molecular weight excluding hydrogens is 434 g/mol. The Labute approximate surface area is 204 Å². The van der Waals surface area contributed by atoms with Crippen LogP contribution in [0.3, 0.4) is 0 Å². The first-order chi connectivity index (χ1) is 17.0. The lowest BCUT2D eigenvalue weighted by Crippen LogP contribution is -2.16. The predicted molar refractivity (Wildman–Crippen MR) is 138 cm³/mol. The third-order valence-corrected chi connectivity index (χ3v) is 6.78. The summed E-state index contributed by atoms with van der Waals surface area (Å²) in [6.45, 7) is 2.07. The van der Waals surface area contributed by atoms with E-state index in [2.05, 4.69) is 59.6 Å². The van der Waals surface area contributed by atoms with Crippen molar-refractivity contribution in [2.24, 2.45) is 5.92 Å². The van der Waals surface area contributed by atoms with Crippen molar-refractivity contribution in [2.75, 3.05) is 0 Å². The second-order valence-corrected chi connectivity index (χ2v) is 9.02. The molecule has 0 saturated heterocycles. The van der Waals surface area contributed by atoms with E-state index >= 15 is 0 Å². The van der Waals surface area contributed by atoms with Crippen LogP contribution in [0.15, 0.2) is 72.9 Å². The van der Waals surface area contributed by atoms with Gasteiger partial charge < -0.3 is 5.11 Å². The van der Waals surface area contributed by atoms with Crippen LogP contribution in [0.5, 0.6) is 0 Å². The fourth-order valence-electron chi connectivity index (χ4n) is 4.80. The molecule has 4 aromatic rings. The molecule has 0 bridgehead atoms. The van der Waals surface area contributed by atoms with Gasteiger partial charge in [-0.05, 0) is 95.0 Å². The molecule has 5 heteroatoms. The van der Waals surface area contributed by atoms with Gasteiger partial charge in [-0.1, -0.05) is 42.8 Å². The molecule has 1 aliphatic rings. The molecule has 2 N–H and O–H groups in total. The molecule has 1 saturated carbocycles. The number of nitrogens with zero attached hydrogens (tertiary/aromatic N) is 2. The Morgan fingerprint density at radius 3 is 2.51 bits per heavy atom. The van der Waals surface area contributed by atoms with E-state index in [-0.39, 0.29) is 0 Å². The number of nitrogens with one attached hydrogen (secondary N) is 1. The normalized spacial score (nSPS) is 14.5. The SMILES string of the molecule is Cc1cc(C#N)ccc1/C(=C(\c1ccc(/C=C/C(=O)O)cc1)c1ccc2[nH]ncc2c1)C1CCC1. The lowest BCUT2D eigenvalue weighted by Gasteiger charge is -2.32. The van der Waals surface area contributed by atoms with Crippen LogP contribution in [0.4, 0.5) is 0 Å². The largest absolute Gasteiger partial charge is 0.478 e. The molecule has 0 unspecified atom stereocenters. The Balaban J connectivity index is 1.75. The van der Waals surface area contributed by atoms with E-state index in [9.17, 15) is 10.1 Å². The van der Waals surface area contributed by atoms with Gasteiger partial charge in [0.15, 0.2) is 0 Å². The zero-order chi connectivity index (χ0) is 24.4. The lowest BCUT2D eigenvalue weighted by molar-refractivity contribution is -0.131. The maximum atomic E-state index is 10.9. The summed E-state index contributed by atoms with van der Waals surface area (Å²) in [5.41, 5.74) is 9.40. The highest BCUT2D eigenvalue weighted by molar-refractivity contribution is 6.02. The molecule has 0 spiro atoms. The first-order valence-electron chi connectivity index (χ1n) is 11.7. The van der Waals surface area contributed by atoms with Crippen molar-refractivity contribution in [3.05, 3.63) is 106 Å². The number of carboxylic acid groups (broad SMARTS) is 1. The molecular formula is C30H25N3O2. The predicted octanol–water partition coefficient (Wildman–Crippen LogP) is 6.60. The molecule has 3 aromatic carbocycles. The fourth-order valence-corrected chi connectivity index (χ4v) is 4.80. The minimum atomic E-state index is -0.966. The van der Waals surface area contributed by atoms with E-state index < -0.39 is 5.97 Å². The molecule has 1 aromatic heterocycles. The maximum Gasteiger partial charge on any atom is 0.328 e. The maximum absolute atomic E-state index is 10.9. The van der Waals surface area contributed by atoms with Gasteiger partial charge in [0.25, 0.3) is 0 Å². The molecule has 0 radical (unpaired) electrons. The molecule has 1 fully saturated rings. The van der Waals surface area contributed by atoms with Gasteiger partial charge in [0.1, 0.15) is 0 Å². The number of benzene rings is 3. The Morgan fingerprint density at radius 1 is 1.09 bits per heavy atom. The summed E-state index contributed by atoms with van der Waals surface area (Å²) in [6, 6.07) is 22.6. The van der Waals surface area contributed by atoms with E-state index in [4.69, 9.17) is 5.11 Å². The van der Waals surface area contributed by atoms with E-state index in [1.807, 2.05) is 30.5 Å². The van der Waals surface area contributed by atoms with Gasteiger partial charge in [-0.25, -0.2) is 4.79 Å². The molecule has 0 aliphatic heterocycles. The number of carbonyl (C=O) groups is 1. The highest BCUT2D eigenvalue weighted by Gasteiger charge is 2.28. The van der Waals surface area contributed by atoms with Crippen LogP contribution >= 0.6 is 0 Å². The number of fused-ring (bicyclic) bond motifs is 1. The summed E-state index contributed by atoms with van der Waals surface area (Å²) in [5.74, 6) is -0.532. The quantitative estimate of drug-likeness (QED) is 0.251. The van der Waals surface area contributed by atoms with Crippen LogP contribution in [0.1, 0.15) is 52.6 Å². The van der Waals surface area contributed by atoms with E-state index in [1.165, 1.54) is 23.1 Å². The third kappa shape index (κ3) is 4.51. The average molecular weight is 460 g/mol. The molecule has 5 nitrogen and oxygen atoms in total. The lowest BCUT2D eigenvalue weighted by atomic mass is 9.72. The number of aliphatic carboxylic acids is 1. The minimum Gasteiger partial charge on any atom is -0.478 e. The van der Waals surface area contributed by atoms with Crippen LogP contribution in [0.2, 0.25) is 0 Å². The van der Waals surface area contributed by atoms with Crippen molar-refractivity contribution in [3.8, 4) is 6.07 Å². The minimum absolute atomic E-state index is 0.434. The number of aromatic amines is 1. The monoisotopic (exact) mass is 459 g/mol. The van der Waals surface area contributed by atoms with E-state index in [0.717, 1.165) is 52.1 Å². The van der Waals surface area contributed by atoms with Crippen LogP contribution in [0, 0.1) is 24.2 Å². The van der Waals surface area contributed by atoms with Gasteiger partial charge in [-0.15, -0.1) is 0 Å². The zero-order valence-electron chi connectivity index (χ0n) is 19.5. The second-order valence-electron chi connectivity index (χ2n) is 9.02. The summed E-state index contributed by atoms with van der Waals surface area (Å²) in [5, 5.41) is 26.6. The van der Waals surface area contributed by atoms with Gasteiger partial charge >= 0.3 is 5.97 Å². The van der Waals surface area contributed by atoms with E-state index in [1.54, 1.807) is 6.08 Å². The summed E-state index contributed by atoms with van der Waals surface area (Å²) in [4.78, 5) is 10.9. The number of allylic oxidation sites excluding steroid dienone is 1. The summed E-state index contributed by atoms with van der Waals surface area (Å²) >= 11 is 0. The number of aryl methyl sites for hydroxylation is 1. The number of hydrogen-bond acceptors (Lipinski definition) is 3. The first-order valence-corrected chi connectivity index (χ1v) is 11.7. The number of carboxylic acids is 1. The Bertz CT molecular complexity index is 1510. The molecule has 172 valence electrons. The van der Waals surface area contributed by atoms with Crippen molar-refractivity contribution in [1.29, 1.82) is 5.26 Å². The van der Waals surface area contributed by atoms with Gasteiger partial charge in [0, 0.05) is 11.5 Å². The number of rotatable bonds is 6. The van der Waals surface area contributed by atoms with Gasteiger partial charge in [-0.3, -0.25) is 5.10 Å². The Kier molecular flexibility index (Phi) is 6.03. The Hall–Kier alpha value is -4.43. The van der Waals surface area contributed by atoms with Crippen LogP contribution in [-0.4, -0.2) is 21.3 Å².